The normalized spacial score (nSPS) is 7.09. The maximum atomic E-state index is 8.20. The maximum Gasteiger partial charge on any atom is 0.0431 e. The highest BCUT2D eigenvalue weighted by Crippen LogP contribution is 1.89. The van der Waals surface area contributed by atoms with E-state index in [-0.39, 0.29) is 0 Å². The Hall–Kier alpha value is -0.0400. The van der Waals surface area contributed by atoms with E-state index in [2.05, 4.69) is 20.8 Å². The predicted molar refractivity (Wildman–Crippen MR) is 53.9 cm³/mol. The molecule has 1 N–H and O–H groups in total. The van der Waals surface area contributed by atoms with Gasteiger partial charge in [-0.05, 0) is 6.42 Å². The second kappa shape index (κ2) is 32.5. The van der Waals surface area contributed by atoms with Crippen molar-refractivity contribution in [3.8, 4) is 0 Å². The first-order valence-corrected chi connectivity index (χ1v) is 4.94. The number of hydrogen-bond donors (Lipinski definition) is 1. The molecule has 0 bridgehead atoms. The Balaban J connectivity index is -0.000000109. The van der Waals surface area contributed by atoms with Crippen molar-refractivity contribution >= 4 is 0 Å². The molecule has 0 fully saturated rings. The Kier molecular flexibility index (Phi) is 50.7. The van der Waals surface area contributed by atoms with Gasteiger partial charge in [0.25, 0.3) is 0 Å². The third-order valence-corrected chi connectivity index (χ3v) is 0.762. The average molecular weight is 162 g/mol. The minimum absolute atomic E-state index is 0.355. The Morgan fingerprint density at radius 2 is 1.27 bits per heavy atom. The zero-order chi connectivity index (χ0) is 9.54. The third kappa shape index (κ3) is 72.0. The van der Waals surface area contributed by atoms with Crippen LogP contribution in [-0.4, -0.2) is 11.7 Å². The highest BCUT2D eigenvalue weighted by atomic mass is 16.2. The molecule has 0 unspecified atom stereocenters. The zero-order valence-corrected chi connectivity index (χ0v) is 8.98. The molecule has 0 radical (unpaired) electrons. The van der Waals surface area contributed by atoms with Gasteiger partial charge in [-0.3, -0.25) is 0 Å². The largest absolute Gasteiger partial charge is 0.396 e. The molecule has 0 amide bonds. The van der Waals surface area contributed by atoms with Crippen LogP contribution in [0.15, 0.2) is 0 Å². The van der Waals surface area contributed by atoms with Crippen molar-refractivity contribution in [1.82, 2.24) is 0 Å². The number of aliphatic hydroxyl groups is 1. The fraction of sp³-hybridized carbons (Fsp3) is 1.00. The van der Waals surface area contributed by atoms with Gasteiger partial charge in [-0.2, -0.15) is 0 Å². The van der Waals surface area contributed by atoms with Gasteiger partial charge in [-0.1, -0.05) is 53.9 Å². The molecule has 0 aromatic carbocycles. The van der Waals surface area contributed by atoms with Crippen LogP contribution in [0, 0.1) is 0 Å². The molecule has 1 nitrogen and oxygen atoms in total. The van der Waals surface area contributed by atoms with Crippen LogP contribution in [0.2, 0.25) is 0 Å². The standard InChI is InChI=1S/C5H12O.C3H8.C2H6/c1-2-3-4-5-6;1-3-2;1-2/h6H,2-5H2,1H3;3H2,1-2H3;1-2H3. The highest BCUT2D eigenvalue weighted by molar-refractivity contribution is 4.30. The predicted octanol–water partition coefficient (Wildman–Crippen LogP) is 3.61. The number of rotatable bonds is 3. The summed E-state index contributed by atoms with van der Waals surface area (Å²) >= 11 is 0. The second-order valence-corrected chi connectivity index (χ2v) is 2.14. The molecule has 0 rings (SSSR count). The number of hydrogen-bond acceptors (Lipinski definition) is 1. The van der Waals surface area contributed by atoms with Crippen molar-refractivity contribution in [3.05, 3.63) is 0 Å². The zero-order valence-electron chi connectivity index (χ0n) is 8.98. The highest BCUT2D eigenvalue weighted by Gasteiger charge is 1.76. The molecule has 0 saturated heterocycles. The molecule has 0 spiro atoms. The Bertz CT molecular complexity index is 24.1. The van der Waals surface area contributed by atoms with Gasteiger partial charge in [0.1, 0.15) is 0 Å². The Morgan fingerprint density at radius 3 is 1.36 bits per heavy atom. The number of unbranched alkanes of at least 4 members (excludes halogenated alkanes) is 2. The second-order valence-electron chi connectivity index (χ2n) is 2.14. The van der Waals surface area contributed by atoms with E-state index in [9.17, 15) is 0 Å². The number of aliphatic hydroxyl groups excluding tert-OH is 1. The van der Waals surface area contributed by atoms with Crippen LogP contribution in [0.5, 0.6) is 0 Å². The van der Waals surface area contributed by atoms with Crippen LogP contribution >= 0.6 is 0 Å². The lowest BCUT2D eigenvalue weighted by Crippen LogP contribution is -1.78. The third-order valence-electron chi connectivity index (χ3n) is 0.762. The molecule has 0 aliphatic rings. The maximum absolute atomic E-state index is 8.20. The fourth-order valence-electron chi connectivity index (χ4n) is 0.362. The molecular formula is C10H26O. The molecule has 0 saturated carbocycles. The minimum atomic E-state index is 0.355. The lowest BCUT2D eigenvalue weighted by molar-refractivity contribution is 0.284. The van der Waals surface area contributed by atoms with Crippen LogP contribution in [0.4, 0.5) is 0 Å². The van der Waals surface area contributed by atoms with Crippen molar-refractivity contribution < 1.29 is 5.11 Å². The summed E-state index contributed by atoms with van der Waals surface area (Å²) in [6.07, 6.45) is 4.58. The molecule has 1 heteroatoms. The average Bonchev–Trinajstić information content (AvgIpc) is 2.06. The van der Waals surface area contributed by atoms with Crippen LogP contribution in [0.1, 0.15) is 60.3 Å². The topological polar surface area (TPSA) is 20.2 Å². The summed E-state index contributed by atoms with van der Waals surface area (Å²) in [4.78, 5) is 0. The van der Waals surface area contributed by atoms with Crippen molar-refractivity contribution in [2.75, 3.05) is 6.61 Å². The SMILES string of the molecule is CC.CCC.CCCCCO. The summed E-state index contributed by atoms with van der Waals surface area (Å²) in [6, 6.07) is 0. The first kappa shape index (κ1) is 17.2. The first-order valence-electron chi connectivity index (χ1n) is 4.94. The van der Waals surface area contributed by atoms with E-state index in [0.29, 0.717) is 6.61 Å². The monoisotopic (exact) mass is 162 g/mol. The summed E-state index contributed by atoms with van der Waals surface area (Å²) in [5, 5.41) is 8.20. The smallest absolute Gasteiger partial charge is 0.0431 e. The van der Waals surface area contributed by atoms with E-state index in [4.69, 9.17) is 5.11 Å². The summed E-state index contributed by atoms with van der Waals surface area (Å²) in [5.74, 6) is 0. The van der Waals surface area contributed by atoms with Gasteiger partial charge in [-0.15, -0.1) is 0 Å². The van der Waals surface area contributed by atoms with Crippen molar-refractivity contribution in [1.29, 1.82) is 0 Å². The van der Waals surface area contributed by atoms with Crippen LogP contribution in [0.25, 0.3) is 0 Å². The van der Waals surface area contributed by atoms with E-state index >= 15 is 0 Å². The van der Waals surface area contributed by atoms with Crippen molar-refractivity contribution in [2.45, 2.75) is 60.3 Å². The molecule has 11 heavy (non-hydrogen) atoms. The molecule has 72 valence electrons. The van der Waals surface area contributed by atoms with Crippen molar-refractivity contribution in [2.24, 2.45) is 0 Å². The minimum Gasteiger partial charge on any atom is -0.396 e. The van der Waals surface area contributed by atoms with E-state index in [1.165, 1.54) is 12.8 Å². The summed E-state index contributed by atoms with van der Waals surface area (Å²) in [6.45, 7) is 10.7. The summed E-state index contributed by atoms with van der Waals surface area (Å²) in [5.41, 5.74) is 0. The van der Waals surface area contributed by atoms with E-state index in [1.54, 1.807) is 0 Å². The Morgan fingerprint density at radius 1 is 0.909 bits per heavy atom. The molecule has 0 aliphatic heterocycles. The summed E-state index contributed by atoms with van der Waals surface area (Å²) < 4.78 is 0. The first-order chi connectivity index (χ1) is 5.33. The molecular weight excluding hydrogens is 136 g/mol. The molecule has 0 aliphatic carbocycles. The van der Waals surface area contributed by atoms with Gasteiger partial charge < -0.3 is 5.11 Å². The van der Waals surface area contributed by atoms with Crippen LogP contribution < -0.4 is 0 Å². The fourth-order valence-corrected chi connectivity index (χ4v) is 0.362. The van der Waals surface area contributed by atoms with E-state index < -0.39 is 0 Å². The van der Waals surface area contributed by atoms with Gasteiger partial charge in [0.15, 0.2) is 0 Å². The van der Waals surface area contributed by atoms with Gasteiger partial charge in [0, 0.05) is 6.61 Å². The summed E-state index contributed by atoms with van der Waals surface area (Å²) in [7, 11) is 0. The molecule has 0 heterocycles. The lowest BCUT2D eigenvalue weighted by Gasteiger charge is -1.85. The van der Waals surface area contributed by atoms with E-state index in [0.717, 1.165) is 12.8 Å². The van der Waals surface area contributed by atoms with Crippen LogP contribution in [-0.2, 0) is 0 Å². The molecule has 0 atom stereocenters. The van der Waals surface area contributed by atoms with Gasteiger partial charge in [0.2, 0.25) is 0 Å². The lowest BCUT2D eigenvalue weighted by atomic mass is 10.3. The van der Waals surface area contributed by atoms with Gasteiger partial charge in [-0.25, -0.2) is 0 Å². The van der Waals surface area contributed by atoms with E-state index in [1.807, 2.05) is 13.8 Å². The molecule has 0 aromatic rings. The van der Waals surface area contributed by atoms with Crippen molar-refractivity contribution in [3.63, 3.8) is 0 Å². The van der Waals surface area contributed by atoms with Crippen LogP contribution in [0.3, 0.4) is 0 Å². The quantitative estimate of drug-likeness (QED) is 0.628. The Labute approximate surface area is 72.8 Å². The van der Waals surface area contributed by atoms with Gasteiger partial charge >= 0.3 is 0 Å². The molecule has 0 aromatic heterocycles. The van der Waals surface area contributed by atoms with Gasteiger partial charge in [0.05, 0.1) is 0 Å².